The normalized spacial score (nSPS) is 16.5. The third-order valence-corrected chi connectivity index (χ3v) is 4.90. The topological polar surface area (TPSA) is 84.9 Å². The highest BCUT2D eigenvalue weighted by molar-refractivity contribution is 6.32. The maximum atomic E-state index is 12.0. The van der Waals surface area contributed by atoms with E-state index in [0.717, 1.165) is 11.1 Å². The van der Waals surface area contributed by atoms with Crippen LogP contribution in [0.1, 0.15) is 24.0 Å². The predicted molar refractivity (Wildman–Crippen MR) is 89.6 cm³/mol. The quantitative estimate of drug-likeness (QED) is 0.818. The molecule has 0 saturated carbocycles. The van der Waals surface area contributed by atoms with Gasteiger partial charge >= 0.3 is 5.97 Å². The molecule has 1 amide bonds. The number of carbonyl (C=O) groups excluding carboxylic acids is 1. The second-order valence-electron chi connectivity index (χ2n) is 6.13. The number of carboxylic acids is 1. The van der Waals surface area contributed by atoms with E-state index in [1.807, 2.05) is 13.8 Å². The van der Waals surface area contributed by atoms with Crippen molar-refractivity contribution in [3.05, 3.63) is 28.3 Å². The van der Waals surface area contributed by atoms with Crippen molar-refractivity contribution in [2.45, 2.75) is 26.7 Å². The molecule has 2 rings (SSSR count). The van der Waals surface area contributed by atoms with Crippen LogP contribution < -0.4 is 10.1 Å². The minimum atomic E-state index is -0.957. The lowest BCUT2D eigenvalue weighted by atomic mass is 9.80. The number of aryl methyl sites for hydroxylation is 2. The second-order valence-corrected chi connectivity index (χ2v) is 6.51. The zero-order valence-electron chi connectivity index (χ0n) is 13.9. The summed E-state index contributed by atoms with van der Waals surface area (Å²) in [5.41, 5.74) is 0.791. The number of carboxylic acid groups (broad SMARTS) is 1. The Morgan fingerprint density at radius 2 is 1.88 bits per heavy atom. The van der Waals surface area contributed by atoms with Crippen LogP contribution in [0.3, 0.4) is 0 Å². The van der Waals surface area contributed by atoms with E-state index >= 15 is 0 Å². The molecule has 1 aliphatic rings. The Labute approximate surface area is 146 Å². The van der Waals surface area contributed by atoms with Crippen LogP contribution >= 0.6 is 11.6 Å². The van der Waals surface area contributed by atoms with E-state index in [4.69, 9.17) is 21.1 Å². The van der Waals surface area contributed by atoms with Gasteiger partial charge in [-0.3, -0.25) is 9.59 Å². The second kappa shape index (κ2) is 7.85. The smallest absolute Gasteiger partial charge is 0.311 e. The number of carbonyl (C=O) groups is 2. The van der Waals surface area contributed by atoms with Crippen LogP contribution in [0.2, 0.25) is 5.02 Å². The van der Waals surface area contributed by atoms with Crippen molar-refractivity contribution in [2.24, 2.45) is 5.41 Å². The number of hydrogen-bond donors (Lipinski definition) is 2. The number of halogens is 1. The van der Waals surface area contributed by atoms with Crippen molar-refractivity contribution in [3.8, 4) is 5.75 Å². The number of rotatable bonds is 6. The molecular formula is C17H22ClNO5. The fraction of sp³-hybridized carbons (Fsp3) is 0.529. The van der Waals surface area contributed by atoms with Gasteiger partial charge < -0.3 is 19.9 Å². The summed E-state index contributed by atoms with van der Waals surface area (Å²) >= 11 is 6.09. The number of aliphatic carboxylic acids is 1. The molecular weight excluding hydrogens is 334 g/mol. The van der Waals surface area contributed by atoms with E-state index in [1.54, 1.807) is 12.1 Å². The van der Waals surface area contributed by atoms with E-state index in [0.29, 0.717) is 36.8 Å². The van der Waals surface area contributed by atoms with Gasteiger partial charge in [-0.2, -0.15) is 0 Å². The SMILES string of the molecule is Cc1cc(OCC(=O)NCC2(C(=O)O)CCOCC2)cc(C)c1Cl. The predicted octanol–water partition coefficient (Wildman–Crippen LogP) is 2.33. The minimum absolute atomic E-state index is 0.0760. The van der Waals surface area contributed by atoms with Crippen molar-refractivity contribution in [3.63, 3.8) is 0 Å². The Morgan fingerprint density at radius 1 is 1.29 bits per heavy atom. The molecule has 0 spiro atoms. The van der Waals surface area contributed by atoms with Gasteiger partial charge in [0.05, 0.1) is 5.41 Å². The summed E-state index contributed by atoms with van der Waals surface area (Å²) in [5.74, 6) is -0.702. The van der Waals surface area contributed by atoms with Crippen LogP contribution in [0.5, 0.6) is 5.75 Å². The van der Waals surface area contributed by atoms with E-state index in [9.17, 15) is 14.7 Å². The molecule has 1 aromatic rings. The number of nitrogens with one attached hydrogen (secondary N) is 1. The fourth-order valence-corrected chi connectivity index (χ4v) is 2.79. The maximum absolute atomic E-state index is 12.0. The molecule has 1 fully saturated rings. The number of amides is 1. The van der Waals surface area contributed by atoms with Crippen LogP contribution in [0.25, 0.3) is 0 Å². The third-order valence-electron chi connectivity index (χ3n) is 4.31. The van der Waals surface area contributed by atoms with Crippen molar-refractivity contribution >= 4 is 23.5 Å². The average Bonchev–Trinajstić information content (AvgIpc) is 2.56. The molecule has 24 heavy (non-hydrogen) atoms. The number of benzene rings is 1. The lowest BCUT2D eigenvalue weighted by Gasteiger charge is -2.33. The first-order valence-corrected chi connectivity index (χ1v) is 8.19. The molecule has 0 atom stereocenters. The first-order valence-electron chi connectivity index (χ1n) is 7.81. The summed E-state index contributed by atoms with van der Waals surface area (Å²) in [4.78, 5) is 23.5. The Kier molecular flexibility index (Phi) is 6.07. The molecule has 7 heteroatoms. The van der Waals surface area contributed by atoms with Gasteiger partial charge in [0.2, 0.25) is 0 Å². The van der Waals surface area contributed by atoms with Crippen molar-refractivity contribution in [1.29, 1.82) is 0 Å². The first-order chi connectivity index (χ1) is 11.3. The zero-order chi connectivity index (χ0) is 17.7. The highest BCUT2D eigenvalue weighted by atomic mass is 35.5. The summed E-state index contributed by atoms with van der Waals surface area (Å²) in [6, 6.07) is 3.53. The Hall–Kier alpha value is -1.79. The molecule has 0 radical (unpaired) electrons. The van der Waals surface area contributed by atoms with Gasteiger partial charge in [-0.25, -0.2) is 0 Å². The summed E-state index contributed by atoms with van der Waals surface area (Å²) in [6.45, 7) is 4.41. The van der Waals surface area contributed by atoms with Gasteiger partial charge in [0.15, 0.2) is 6.61 Å². The lowest BCUT2D eigenvalue weighted by Crippen LogP contribution is -2.47. The highest BCUT2D eigenvalue weighted by Crippen LogP contribution is 2.30. The average molecular weight is 356 g/mol. The summed E-state index contributed by atoms with van der Waals surface area (Å²) in [5, 5.41) is 12.8. The van der Waals surface area contributed by atoms with Gasteiger partial charge in [-0.1, -0.05) is 11.6 Å². The molecule has 1 saturated heterocycles. The molecule has 1 heterocycles. The summed E-state index contributed by atoms with van der Waals surface area (Å²) in [7, 11) is 0. The fourth-order valence-electron chi connectivity index (χ4n) is 2.69. The monoisotopic (exact) mass is 355 g/mol. The van der Waals surface area contributed by atoms with Crippen LogP contribution in [0.15, 0.2) is 12.1 Å². The zero-order valence-corrected chi connectivity index (χ0v) is 14.6. The van der Waals surface area contributed by atoms with E-state index in [1.165, 1.54) is 0 Å². The van der Waals surface area contributed by atoms with Gasteiger partial charge in [0.25, 0.3) is 5.91 Å². The van der Waals surface area contributed by atoms with E-state index < -0.39 is 11.4 Å². The van der Waals surface area contributed by atoms with Crippen molar-refractivity contribution in [1.82, 2.24) is 5.32 Å². The molecule has 0 aliphatic carbocycles. The van der Waals surface area contributed by atoms with Crippen LogP contribution in [0, 0.1) is 19.3 Å². The standard InChI is InChI=1S/C17H22ClNO5/c1-11-7-13(8-12(2)15(11)18)24-9-14(20)19-10-17(16(21)22)3-5-23-6-4-17/h7-8H,3-6,9-10H2,1-2H3,(H,19,20)(H,21,22). The lowest BCUT2D eigenvalue weighted by molar-refractivity contribution is -0.154. The molecule has 0 aromatic heterocycles. The van der Waals surface area contributed by atoms with Gasteiger partial charge in [-0.05, 0) is 49.9 Å². The van der Waals surface area contributed by atoms with Gasteiger partial charge in [-0.15, -0.1) is 0 Å². The van der Waals surface area contributed by atoms with E-state index in [2.05, 4.69) is 5.32 Å². The van der Waals surface area contributed by atoms with Crippen molar-refractivity contribution in [2.75, 3.05) is 26.4 Å². The number of hydrogen-bond acceptors (Lipinski definition) is 4. The van der Waals surface area contributed by atoms with Crippen LogP contribution in [-0.2, 0) is 14.3 Å². The number of ether oxygens (including phenoxy) is 2. The molecule has 6 nitrogen and oxygen atoms in total. The van der Waals surface area contributed by atoms with Gasteiger partial charge in [0.1, 0.15) is 5.75 Å². The maximum Gasteiger partial charge on any atom is 0.311 e. The summed E-state index contributed by atoms with van der Waals surface area (Å²) < 4.78 is 10.7. The summed E-state index contributed by atoms with van der Waals surface area (Å²) in [6.07, 6.45) is 0.776. The van der Waals surface area contributed by atoms with Crippen molar-refractivity contribution < 1.29 is 24.2 Å². The molecule has 1 aliphatic heterocycles. The largest absolute Gasteiger partial charge is 0.484 e. The molecule has 0 bridgehead atoms. The Balaban J connectivity index is 1.88. The molecule has 0 unspecified atom stereocenters. The molecule has 132 valence electrons. The van der Waals surface area contributed by atoms with Gasteiger partial charge in [0, 0.05) is 24.8 Å². The molecule has 2 N–H and O–H groups in total. The minimum Gasteiger partial charge on any atom is -0.484 e. The molecule has 1 aromatic carbocycles. The Morgan fingerprint density at radius 3 is 2.42 bits per heavy atom. The Bertz CT molecular complexity index is 602. The van der Waals surface area contributed by atoms with Crippen LogP contribution in [0.4, 0.5) is 0 Å². The first kappa shape index (κ1) is 18.5. The highest BCUT2D eigenvalue weighted by Gasteiger charge is 2.40. The van der Waals surface area contributed by atoms with E-state index in [-0.39, 0.29) is 19.1 Å². The third kappa shape index (κ3) is 4.39. The van der Waals surface area contributed by atoms with Crippen LogP contribution in [-0.4, -0.2) is 43.3 Å².